The molecule has 2 rings (SSSR count). The molecule has 0 unspecified atom stereocenters. The van der Waals surface area contributed by atoms with Gasteiger partial charge in [-0.2, -0.15) is 5.10 Å². The van der Waals surface area contributed by atoms with Crippen molar-refractivity contribution in [2.24, 2.45) is 0 Å². The van der Waals surface area contributed by atoms with Crippen molar-refractivity contribution in [3.8, 4) is 5.75 Å². The van der Waals surface area contributed by atoms with Crippen LogP contribution in [0.5, 0.6) is 5.75 Å². The number of aryl methyl sites for hydroxylation is 1. The molecule has 1 aromatic heterocycles. The molecule has 2 aromatic rings. The molecule has 1 heterocycles. The molecule has 0 aliphatic heterocycles. The van der Waals surface area contributed by atoms with E-state index in [4.69, 9.17) is 4.74 Å². The lowest BCUT2D eigenvalue weighted by atomic mass is 10.1. The molecule has 0 aliphatic rings. The summed E-state index contributed by atoms with van der Waals surface area (Å²) in [6, 6.07) is 4.82. The molecule has 0 bridgehead atoms. The predicted octanol–water partition coefficient (Wildman–Crippen LogP) is 2.99. The average Bonchev–Trinajstić information content (AvgIpc) is 2.82. The normalized spacial score (nSPS) is 11.1. The van der Waals surface area contributed by atoms with Gasteiger partial charge in [-0.3, -0.25) is 9.58 Å². The number of methoxy groups -OCH3 is 1. The van der Waals surface area contributed by atoms with Gasteiger partial charge in [0.15, 0.2) is 0 Å². The lowest BCUT2D eigenvalue weighted by Gasteiger charge is -2.17. The largest absolute Gasteiger partial charge is 0.497 e. The van der Waals surface area contributed by atoms with E-state index in [0.717, 1.165) is 18.8 Å². The summed E-state index contributed by atoms with van der Waals surface area (Å²) in [7, 11) is 3.56. The van der Waals surface area contributed by atoms with Crippen LogP contribution in [0.25, 0.3) is 0 Å². The summed E-state index contributed by atoms with van der Waals surface area (Å²) >= 11 is 0. The zero-order valence-corrected chi connectivity index (χ0v) is 13.1. The van der Waals surface area contributed by atoms with Gasteiger partial charge in [0.1, 0.15) is 11.6 Å². The maximum absolute atomic E-state index is 13.8. The van der Waals surface area contributed by atoms with E-state index in [1.54, 1.807) is 19.2 Å². The number of halogens is 1. The van der Waals surface area contributed by atoms with E-state index in [-0.39, 0.29) is 5.82 Å². The highest BCUT2D eigenvalue weighted by Crippen LogP contribution is 2.19. The maximum Gasteiger partial charge on any atom is 0.127 e. The second-order valence-corrected chi connectivity index (χ2v) is 5.20. The van der Waals surface area contributed by atoms with Crippen LogP contribution < -0.4 is 4.74 Å². The fraction of sp³-hybridized carbons (Fsp3) is 0.438. The number of rotatable bonds is 6. The van der Waals surface area contributed by atoms with E-state index in [2.05, 4.69) is 23.8 Å². The Morgan fingerprint density at radius 3 is 2.62 bits per heavy atom. The summed E-state index contributed by atoms with van der Waals surface area (Å²) in [5.74, 6) is 0.471. The van der Waals surface area contributed by atoms with E-state index in [9.17, 15) is 4.39 Å². The number of ether oxygens (including phenoxy) is 1. The van der Waals surface area contributed by atoms with Crippen LogP contribution in [0.3, 0.4) is 0 Å². The van der Waals surface area contributed by atoms with Crippen LogP contribution in [0, 0.1) is 12.7 Å². The highest BCUT2D eigenvalue weighted by Gasteiger charge is 2.11. The summed E-state index contributed by atoms with van der Waals surface area (Å²) in [5.41, 5.74) is 2.97. The van der Waals surface area contributed by atoms with Crippen LogP contribution in [0.15, 0.2) is 24.4 Å². The highest BCUT2D eigenvalue weighted by molar-refractivity contribution is 5.29. The lowest BCUT2D eigenvalue weighted by Crippen LogP contribution is -2.18. The average molecular weight is 291 g/mol. The van der Waals surface area contributed by atoms with E-state index in [0.29, 0.717) is 17.9 Å². The zero-order valence-electron chi connectivity index (χ0n) is 13.1. The number of aromatic nitrogens is 2. The monoisotopic (exact) mass is 291 g/mol. The third-order valence-electron chi connectivity index (χ3n) is 3.64. The maximum atomic E-state index is 13.8. The van der Waals surface area contributed by atoms with Gasteiger partial charge in [0.25, 0.3) is 0 Å². The van der Waals surface area contributed by atoms with Crippen LogP contribution in [0.1, 0.15) is 23.7 Å². The Bertz CT molecular complexity index is 610. The number of hydrogen-bond donors (Lipinski definition) is 0. The SMILES string of the molecule is CCn1ncc(CN(C)Cc2cc(OC)ccc2F)c1C. The molecule has 0 radical (unpaired) electrons. The van der Waals surface area contributed by atoms with Gasteiger partial charge < -0.3 is 4.74 Å². The van der Waals surface area contributed by atoms with Gasteiger partial charge in [-0.25, -0.2) is 4.39 Å². The molecule has 0 fully saturated rings. The molecular weight excluding hydrogens is 269 g/mol. The van der Waals surface area contributed by atoms with Crippen molar-refractivity contribution in [1.29, 1.82) is 0 Å². The third kappa shape index (κ3) is 3.61. The predicted molar refractivity (Wildman–Crippen MR) is 80.8 cm³/mol. The van der Waals surface area contributed by atoms with Crippen molar-refractivity contribution < 1.29 is 9.13 Å². The molecule has 0 atom stereocenters. The number of benzene rings is 1. The minimum atomic E-state index is -0.205. The van der Waals surface area contributed by atoms with Gasteiger partial charge in [-0.05, 0) is 39.1 Å². The van der Waals surface area contributed by atoms with Gasteiger partial charge in [0.05, 0.1) is 13.3 Å². The second kappa shape index (κ2) is 6.72. The Morgan fingerprint density at radius 2 is 2.00 bits per heavy atom. The number of hydrogen-bond acceptors (Lipinski definition) is 3. The Kier molecular flexibility index (Phi) is 4.96. The van der Waals surface area contributed by atoms with Gasteiger partial charge >= 0.3 is 0 Å². The van der Waals surface area contributed by atoms with Crippen LogP contribution in [-0.4, -0.2) is 28.8 Å². The summed E-state index contributed by atoms with van der Waals surface area (Å²) in [6.45, 7) is 6.26. The zero-order chi connectivity index (χ0) is 15.4. The first kappa shape index (κ1) is 15.5. The fourth-order valence-corrected chi connectivity index (χ4v) is 2.40. The molecule has 0 N–H and O–H groups in total. The van der Waals surface area contributed by atoms with E-state index in [1.807, 2.05) is 17.9 Å². The first-order chi connectivity index (χ1) is 10.0. The third-order valence-corrected chi connectivity index (χ3v) is 3.64. The minimum Gasteiger partial charge on any atom is -0.497 e. The Morgan fingerprint density at radius 1 is 1.29 bits per heavy atom. The Balaban J connectivity index is 2.07. The second-order valence-electron chi connectivity index (χ2n) is 5.20. The Hall–Kier alpha value is -1.88. The summed E-state index contributed by atoms with van der Waals surface area (Å²) in [5, 5.41) is 4.34. The smallest absolute Gasteiger partial charge is 0.127 e. The molecular formula is C16H22FN3O. The van der Waals surface area contributed by atoms with Crippen molar-refractivity contribution in [2.45, 2.75) is 33.5 Å². The summed E-state index contributed by atoms with van der Waals surface area (Å²) in [6.07, 6.45) is 1.89. The van der Waals surface area contributed by atoms with Gasteiger partial charge in [-0.15, -0.1) is 0 Å². The van der Waals surface area contributed by atoms with Gasteiger partial charge in [0.2, 0.25) is 0 Å². The molecule has 0 saturated heterocycles. The van der Waals surface area contributed by atoms with E-state index in [1.165, 1.54) is 11.6 Å². The molecule has 0 saturated carbocycles. The first-order valence-electron chi connectivity index (χ1n) is 7.07. The van der Waals surface area contributed by atoms with Gasteiger partial charge in [-0.1, -0.05) is 0 Å². The van der Waals surface area contributed by atoms with Crippen molar-refractivity contribution >= 4 is 0 Å². The summed E-state index contributed by atoms with van der Waals surface area (Å²) in [4.78, 5) is 2.07. The molecule has 0 spiro atoms. The fourth-order valence-electron chi connectivity index (χ4n) is 2.40. The highest BCUT2D eigenvalue weighted by atomic mass is 19.1. The van der Waals surface area contributed by atoms with Gasteiger partial charge in [0, 0.05) is 36.5 Å². The summed E-state index contributed by atoms with van der Waals surface area (Å²) < 4.78 is 21.0. The van der Waals surface area contributed by atoms with Crippen molar-refractivity contribution in [3.05, 3.63) is 47.0 Å². The van der Waals surface area contributed by atoms with E-state index < -0.39 is 0 Å². The van der Waals surface area contributed by atoms with Crippen LogP contribution >= 0.6 is 0 Å². The van der Waals surface area contributed by atoms with Crippen LogP contribution in [0.4, 0.5) is 4.39 Å². The molecule has 4 nitrogen and oxygen atoms in total. The van der Waals surface area contributed by atoms with Crippen LogP contribution in [-0.2, 0) is 19.6 Å². The van der Waals surface area contributed by atoms with Crippen molar-refractivity contribution in [3.63, 3.8) is 0 Å². The molecule has 5 heteroatoms. The molecule has 21 heavy (non-hydrogen) atoms. The topological polar surface area (TPSA) is 30.3 Å². The first-order valence-corrected chi connectivity index (χ1v) is 7.07. The van der Waals surface area contributed by atoms with E-state index >= 15 is 0 Å². The number of nitrogens with zero attached hydrogens (tertiary/aromatic N) is 3. The van der Waals surface area contributed by atoms with Crippen molar-refractivity contribution in [2.75, 3.05) is 14.2 Å². The standard InChI is InChI=1S/C16H22FN3O/c1-5-20-12(2)14(9-18-20)11-19(3)10-13-8-15(21-4)6-7-16(13)17/h6-9H,5,10-11H2,1-4H3. The molecule has 0 aliphatic carbocycles. The van der Waals surface area contributed by atoms with Crippen molar-refractivity contribution in [1.82, 2.24) is 14.7 Å². The molecule has 0 amide bonds. The quantitative estimate of drug-likeness (QED) is 0.819. The Labute approximate surface area is 125 Å². The molecule has 114 valence electrons. The lowest BCUT2D eigenvalue weighted by molar-refractivity contribution is 0.311. The van der Waals surface area contributed by atoms with Crippen LogP contribution in [0.2, 0.25) is 0 Å². The molecule has 1 aromatic carbocycles. The minimum absolute atomic E-state index is 0.205.